The Labute approximate surface area is 144 Å². The Bertz CT molecular complexity index is 406. The van der Waals surface area contributed by atoms with Crippen molar-refractivity contribution in [2.75, 3.05) is 6.61 Å². The molecule has 0 aromatic heterocycles. The van der Waals surface area contributed by atoms with Crippen molar-refractivity contribution >= 4 is 17.7 Å². The summed E-state index contributed by atoms with van der Waals surface area (Å²) >= 11 is 0. The van der Waals surface area contributed by atoms with Gasteiger partial charge >= 0.3 is 5.97 Å². The monoisotopic (exact) mass is 341 g/mol. The average molecular weight is 341 g/mol. The zero-order chi connectivity index (χ0) is 18.2. The van der Waals surface area contributed by atoms with Gasteiger partial charge in [-0.1, -0.05) is 38.3 Å². The molecule has 6 nitrogen and oxygen atoms in total. The molecular formula is C18H31NO5. The number of carboxylic acid groups (broad SMARTS) is 1. The van der Waals surface area contributed by atoms with E-state index in [1.807, 2.05) is 0 Å². The number of rotatable bonds is 15. The predicted molar refractivity (Wildman–Crippen MR) is 92.6 cm³/mol. The summed E-state index contributed by atoms with van der Waals surface area (Å²) in [6.45, 7) is 1.84. The lowest BCUT2D eigenvalue weighted by atomic mass is 10.1. The average Bonchev–Trinajstić information content (AvgIpc) is 2.52. The van der Waals surface area contributed by atoms with E-state index in [1.54, 1.807) is 0 Å². The van der Waals surface area contributed by atoms with Crippen LogP contribution in [0.15, 0.2) is 12.2 Å². The molecule has 0 saturated carbocycles. The molecule has 0 aromatic rings. The van der Waals surface area contributed by atoms with E-state index in [4.69, 9.17) is 10.2 Å². The summed E-state index contributed by atoms with van der Waals surface area (Å²) in [7, 11) is 0. The molecule has 0 bridgehead atoms. The maximum Gasteiger partial charge on any atom is 0.326 e. The SMILES string of the molecule is CCCCCCC=CCCCC(=O)CC(=O)N[C@@H](CCO)C(=O)O. The first kappa shape index (κ1) is 22.3. The summed E-state index contributed by atoms with van der Waals surface area (Å²) in [5.74, 6) is -2.02. The zero-order valence-electron chi connectivity index (χ0n) is 14.6. The Hall–Kier alpha value is -1.69. The van der Waals surface area contributed by atoms with Gasteiger partial charge in [0.15, 0.2) is 0 Å². The maximum atomic E-state index is 11.7. The Balaban J connectivity index is 3.79. The lowest BCUT2D eigenvalue weighted by Crippen LogP contribution is -2.42. The molecule has 138 valence electrons. The Morgan fingerprint density at radius 2 is 1.71 bits per heavy atom. The molecule has 0 saturated heterocycles. The van der Waals surface area contributed by atoms with Crippen molar-refractivity contribution in [3.63, 3.8) is 0 Å². The van der Waals surface area contributed by atoms with Crippen molar-refractivity contribution in [2.24, 2.45) is 0 Å². The lowest BCUT2D eigenvalue weighted by Gasteiger charge is -2.12. The van der Waals surface area contributed by atoms with Gasteiger partial charge in [-0.3, -0.25) is 9.59 Å². The Morgan fingerprint density at radius 1 is 1.04 bits per heavy atom. The van der Waals surface area contributed by atoms with Gasteiger partial charge in [0.25, 0.3) is 0 Å². The fraction of sp³-hybridized carbons (Fsp3) is 0.722. The minimum atomic E-state index is -1.21. The van der Waals surface area contributed by atoms with Gasteiger partial charge in [-0.05, 0) is 25.7 Å². The van der Waals surface area contributed by atoms with E-state index in [2.05, 4.69) is 24.4 Å². The fourth-order valence-electron chi connectivity index (χ4n) is 2.24. The standard InChI is InChI=1S/C18H31NO5/c1-2-3-4-5-6-7-8-9-10-11-15(21)14-17(22)19-16(12-13-20)18(23)24/h7-8,16,20H,2-6,9-14H2,1H3,(H,19,22)(H,23,24)/t16-/m0/s1. The number of aliphatic hydroxyl groups excluding tert-OH is 1. The number of unbranched alkanes of at least 4 members (excludes halogenated alkanes) is 5. The summed E-state index contributed by atoms with van der Waals surface area (Å²) in [6, 6.07) is -1.15. The minimum Gasteiger partial charge on any atom is -0.480 e. The van der Waals surface area contributed by atoms with Crippen LogP contribution in [-0.2, 0) is 14.4 Å². The van der Waals surface area contributed by atoms with Crippen LogP contribution in [0.5, 0.6) is 0 Å². The first-order chi connectivity index (χ1) is 11.5. The van der Waals surface area contributed by atoms with Crippen LogP contribution in [0.25, 0.3) is 0 Å². The first-order valence-corrected chi connectivity index (χ1v) is 8.81. The third-order valence-corrected chi connectivity index (χ3v) is 3.63. The van der Waals surface area contributed by atoms with Gasteiger partial charge in [0, 0.05) is 19.4 Å². The van der Waals surface area contributed by atoms with Crippen LogP contribution in [0, 0.1) is 0 Å². The number of carbonyl (C=O) groups is 3. The molecule has 3 N–H and O–H groups in total. The number of allylic oxidation sites excluding steroid dienone is 2. The van der Waals surface area contributed by atoms with Crippen LogP contribution in [0.2, 0.25) is 0 Å². The van der Waals surface area contributed by atoms with Gasteiger partial charge in [-0.2, -0.15) is 0 Å². The molecule has 0 rings (SSSR count). The van der Waals surface area contributed by atoms with Crippen molar-refractivity contribution in [3.05, 3.63) is 12.2 Å². The Morgan fingerprint density at radius 3 is 2.29 bits per heavy atom. The highest BCUT2D eigenvalue weighted by Gasteiger charge is 2.20. The van der Waals surface area contributed by atoms with E-state index < -0.39 is 17.9 Å². The first-order valence-electron chi connectivity index (χ1n) is 8.81. The molecular weight excluding hydrogens is 310 g/mol. The van der Waals surface area contributed by atoms with Crippen LogP contribution in [-0.4, -0.2) is 40.5 Å². The van der Waals surface area contributed by atoms with E-state index in [-0.39, 0.29) is 25.2 Å². The highest BCUT2D eigenvalue weighted by Crippen LogP contribution is 2.05. The molecule has 24 heavy (non-hydrogen) atoms. The van der Waals surface area contributed by atoms with Gasteiger partial charge in [-0.25, -0.2) is 4.79 Å². The third kappa shape index (κ3) is 12.8. The third-order valence-electron chi connectivity index (χ3n) is 3.63. The Kier molecular flexibility index (Phi) is 13.8. The van der Waals surface area contributed by atoms with Crippen LogP contribution in [0.3, 0.4) is 0 Å². The molecule has 0 spiro atoms. The molecule has 1 atom stereocenters. The van der Waals surface area contributed by atoms with E-state index in [0.29, 0.717) is 12.8 Å². The number of carbonyl (C=O) groups excluding carboxylic acids is 2. The summed E-state index contributed by atoms with van der Waals surface area (Å²) in [4.78, 5) is 34.1. The smallest absolute Gasteiger partial charge is 0.326 e. The van der Waals surface area contributed by atoms with E-state index in [9.17, 15) is 14.4 Å². The molecule has 0 aromatic carbocycles. The second-order valence-electron chi connectivity index (χ2n) is 5.90. The topological polar surface area (TPSA) is 104 Å². The molecule has 0 fully saturated rings. The van der Waals surface area contributed by atoms with E-state index in [1.165, 1.54) is 25.7 Å². The van der Waals surface area contributed by atoms with Gasteiger partial charge in [0.1, 0.15) is 11.8 Å². The van der Waals surface area contributed by atoms with E-state index in [0.717, 1.165) is 12.8 Å². The second kappa shape index (κ2) is 14.9. The summed E-state index contributed by atoms with van der Waals surface area (Å²) < 4.78 is 0. The molecule has 0 aliphatic heterocycles. The summed E-state index contributed by atoms with van der Waals surface area (Å²) in [6.07, 6.45) is 11.7. The second-order valence-corrected chi connectivity index (χ2v) is 5.90. The maximum absolute atomic E-state index is 11.7. The molecule has 0 unspecified atom stereocenters. The van der Waals surface area contributed by atoms with Crippen molar-refractivity contribution < 1.29 is 24.6 Å². The van der Waals surface area contributed by atoms with Crippen molar-refractivity contribution in [1.29, 1.82) is 0 Å². The van der Waals surface area contributed by atoms with Crippen LogP contribution >= 0.6 is 0 Å². The van der Waals surface area contributed by atoms with Crippen LogP contribution in [0.1, 0.15) is 71.1 Å². The van der Waals surface area contributed by atoms with Crippen LogP contribution < -0.4 is 5.32 Å². The zero-order valence-corrected chi connectivity index (χ0v) is 14.6. The number of ketones is 1. The molecule has 0 heterocycles. The number of hydrogen-bond donors (Lipinski definition) is 3. The number of aliphatic hydroxyl groups is 1. The summed E-state index contributed by atoms with van der Waals surface area (Å²) in [5.41, 5.74) is 0. The molecule has 0 aliphatic rings. The normalized spacial score (nSPS) is 12.2. The van der Waals surface area contributed by atoms with Crippen molar-refractivity contribution in [3.8, 4) is 0 Å². The molecule has 1 amide bonds. The van der Waals surface area contributed by atoms with Crippen molar-refractivity contribution in [2.45, 2.75) is 77.2 Å². The van der Waals surface area contributed by atoms with Gasteiger partial charge in [-0.15, -0.1) is 0 Å². The molecule has 6 heteroatoms. The van der Waals surface area contributed by atoms with Gasteiger partial charge in [0.2, 0.25) is 5.91 Å². The number of nitrogens with one attached hydrogen (secondary N) is 1. The number of aliphatic carboxylic acids is 1. The minimum absolute atomic E-state index is 0.0711. The van der Waals surface area contributed by atoms with Crippen molar-refractivity contribution in [1.82, 2.24) is 5.32 Å². The number of Topliss-reactive ketones (excluding diaryl/α,β-unsaturated/α-hetero) is 1. The molecule has 0 aliphatic carbocycles. The number of carboxylic acids is 1. The quantitative estimate of drug-likeness (QED) is 0.241. The van der Waals surface area contributed by atoms with Gasteiger partial charge in [0.05, 0.1) is 6.42 Å². The number of hydrogen-bond acceptors (Lipinski definition) is 4. The lowest BCUT2D eigenvalue weighted by molar-refractivity contribution is -0.143. The number of amides is 1. The van der Waals surface area contributed by atoms with Gasteiger partial charge < -0.3 is 15.5 Å². The predicted octanol–water partition coefficient (Wildman–Crippen LogP) is 2.59. The van der Waals surface area contributed by atoms with Crippen LogP contribution in [0.4, 0.5) is 0 Å². The largest absolute Gasteiger partial charge is 0.480 e. The molecule has 0 radical (unpaired) electrons. The highest BCUT2D eigenvalue weighted by atomic mass is 16.4. The summed E-state index contributed by atoms with van der Waals surface area (Å²) in [5, 5.41) is 19.9. The highest BCUT2D eigenvalue weighted by molar-refractivity contribution is 5.99. The van der Waals surface area contributed by atoms with E-state index >= 15 is 0 Å². The fourth-order valence-corrected chi connectivity index (χ4v) is 2.24.